The van der Waals surface area contributed by atoms with E-state index in [1.165, 1.54) is 32.3 Å². The van der Waals surface area contributed by atoms with Gasteiger partial charge >= 0.3 is 0 Å². The first-order chi connectivity index (χ1) is 9.72. The van der Waals surface area contributed by atoms with Crippen molar-refractivity contribution in [2.24, 2.45) is 5.92 Å². The molecule has 20 heavy (non-hydrogen) atoms. The molecule has 4 nitrogen and oxygen atoms in total. The van der Waals surface area contributed by atoms with E-state index in [0.29, 0.717) is 11.4 Å². The number of halogens is 1. The van der Waals surface area contributed by atoms with Crippen LogP contribution in [0.3, 0.4) is 0 Å². The molecule has 1 aliphatic rings. The van der Waals surface area contributed by atoms with E-state index in [0.717, 1.165) is 24.3 Å². The standard InChI is InChI=1S/C15H18FN3O/c1-3-10-4-5-19(8-10)15-11-6-14(20-2)12(16)7-13(11)17-9-18-15/h6-7,9-10H,3-5,8H2,1-2H3. The van der Waals surface area contributed by atoms with Crippen molar-refractivity contribution < 1.29 is 9.13 Å². The molecule has 1 saturated heterocycles. The van der Waals surface area contributed by atoms with E-state index in [9.17, 15) is 4.39 Å². The summed E-state index contributed by atoms with van der Waals surface area (Å²) < 4.78 is 18.8. The first-order valence-electron chi connectivity index (χ1n) is 6.96. The predicted octanol–water partition coefficient (Wildman–Crippen LogP) is 3.01. The van der Waals surface area contributed by atoms with E-state index >= 15 is 0 Å². The molecule has 1 fully saturated rings. The molecule has 0 radical (unpaired) electrons. The SMILES string of the molecule is CCC1CCN(c2ncnc3cc(F)c(OC)cc23)C1. The third-order valence-electron chi connectivity index (χ3n) is 4.05. The van der Waals surface area contributed by atoms with Crippen molar-refractivity contribution in [1.82, 2.24) is 9.97 Å². The van der Waals surface area contributed by atoms with Crippen LogP contribution in [0.1, 0.15) is 19.8 Å². The number of ether oxygens (including phenoxy) is 1. The van der Waals surface area contributed by atoms with Gasteiger partial charge in [0.25, 0.3) is 0 Å². The molecule has 3 rings (SSSR count). The van der Waals surface area contributed by atoms with Gasteiger partial charge in [-0.2, -0.15) is 0 Å². The Morgan fingerprint density at radius 1 is 1.40 bits per heavy atom. The highest BCUT2D eigenvalue weighted by Crippen LogP contribution is 2.32. The Morgan fingerprint density at radius 2 is 2.25 bits per heavy atom. The predicted molar refractivity (Wildman–Crippen MR) is 76.7 cm³/mol. The number of aromatic nitrogens is 2. The number of nitrogens with zero attached hydrogens (tertiary/aromatic N) is 3. The normalized spacial score (nSPS) is 18.8. The van der Waals surface area contributed by atoms with Gasteiger partial charge < -0.3 is 9.64 Å². The van der Waals surface area contributed by atoms with E-state index in [4.69, 9.17) is 4.74 Å². The molecular formula is C15H18FN3O. The smallest absolute Gasteiger partial charge is 0.167 e. The number of fused-ring (bicyclic) bond motifs is 1. The van der Waals surface area contributed by atoms with Crippen LogP contribution in [0.2, 0.25) is 0 Å². The third-order valence-corrected chi connectivity index (χ3v) is 4.05. The van der Waals surface area contributed by atoms with E-state index in [-0.39, 0.29) is 5.75 Å². The largest absolute Gasteiger partial charge is 0.494 e. The second-order valence-corrected chi connectivity index (χ2v) is 5.21. The zero-order valence-electron chi connectivity index (χ0n) is 11.8. The maximum absolute atomic E-state index is 13.7. The van der Waals surface area contributed by atoms with Crippen LogP contribution in [0, 0.1) is 11.7 Å². The zero-order valence-corrected chi connectivity index (χ0v) is 11.8. The third kappa shape index (κ3) is 2.17. The summed E-state index contributed by atoms with van der Waals surface area (Å²) in [7, 11) is 1.47. The van der Waals surface area contributed by atoms with Crippen molar-refractivity contribution in [2.45, 2.75) is 19.8 Å². The molecule has 2 aromatic rings. The first kappa shape index (κ1) is 13.1. The lowest BCUT2D eigenvalue weighted by atomic mass is 10.1. The quantitative estimate of drug-likeness (QED) is 0.863. The van der Waals surface area contributed by atoms with Gasteiger partial charge in [0.1, 0.15) is 12.1 Å². The highest BCUT2D eigenvalue weighted by Gasteiger charge is 2.24. The lowest BCUT2D eigenvalue weighted by molar-refractivity contribution is 0.387. The fourth-order valence-corrected chi connectivity index (χ4v) is 2.81. The topological polar surface area (TPSA) is 38.2 Å². The Bertz CT molecular complexity index is 632. The van der Waals surface area contributed by atoms with Crippen molar-refractivity contribution in [2.75, 3.05) is 25.1 Å². The minimum atomic E-state index is -0.391. The second-order valence-electron chi connectivity index (χ2n) is 5.21. The monoisotopic (exact) mass is 275 g/mol. The van der Waals surface area contributed by atoms with Crippen molar-refractivity contribution in [3.63, 3.8) is 0 Å². The van der Waals surface area contributed by atoms with Crippen LogP contribution in [0.4, 0.5) is 10.2 Å². The number of hydrogen-bond acceptors (Lipinski definition) is 4. The maximum atomic E-state index is 13.7. The summed E-state index contributed by atoms with van der Waals surface area (Å²) in [4.78, 5) is 10.8. The van der Waals surface area contributed by atoms with E-state index in [1.807, 2.05) is 0 Å². The fourth-order valence-electron chi connectivity index (χ4n) is 2.81. The summed E-state index contributed by atoms with van der Waals surface area (Å²) in [5, 5.41) is 0.850. The molecular weight excluding hydrogens is 257 g/mol. The van der Waals surface area contributed by atoms with Gasteiger partial charge in [-0.05, 0) is 18.4 Å². The molecule has 1 aromatic heterocycles. The van der Waals surface area contributed by atoms with Gasteiger partial charge in [0.2, 0.25) is 0 Å². The lowest BCUT2D eigenvalue weighted by Gasteiger charge is -2.19. The number of anilines is 1. The lowest BCUT2D eigenvalue weighted by Crippen LogP contribution is -2.21. The molecule has 5 heteroatoms. The molecule has 0 N–H and O–H groups in total. The van der Waals surface area contributed by atoms with Gasteiger partial charge in [-0.15, -0.1) is 0 Å². The molecule has 1 atom stereocenters. The zero-order chi connectivity index (χ0) is 14.1. The summed E-state index contributed by atoms with van der Waals surface area (Å²) in [6, 6.07) is 3.10. The van der Waals surface area contributed by atoms with Crippen LogP contribution in [0.25, 0.3) is 10.9 Å². The van der Waals surface area contributed by atoms with E-state index in [1.54, 1.807) is 6.07 Å². The van der Waals surface area contributed by atoms with Crippen molar-refractivity contribution in [1.29, 1.82) is 0 Å². The Balaban J connectivity index is 2.07. The molecule has 1 aliphatic heterocycles. The molecule has 0 amide bonds. The highest BCUT2D eigenvalue weighted by atomic mass is 19.1. The van der Waals surface area contributed by atoms with Crippen LogP contribution < -0.4 is 9.64 Å². The van der Waals surface area contributed by atoms with Crippen molar-refractivity contribution in [3.8, 4) is 5.75 Å². The van der Waals surface area contributed by atoms with Crippen LogP contribution in [0.5, 0.6) is 5.75 Å². The van der Waals surface area contributed by atoms with Crippen LogP contribution in [-0.2, 0) is 0 Å². The average molecular weight is 275 g/mol. The second kappa shape index (κ2) is 5.23. The molecule has 2 heterocycles. The van der Waals surface area contributed by atoms with Crippen LogP contribution in [-0.4, -0.2) is 30.2 Å². The number of rotatable bonds is 3. The highest BCUT2D eigenvalue weighted by molar-refractivity contribution is 5.90. The maximum Gasteiger partial charge on any atom is 0.167 e. The van der Waals surface area contributed by atoms with E-state index in [2.05, 4.69) is 21.8 Å². The molecule has 0 spiro atoms. The summed E-state index contributed by atoms with van der Waals surface area (Å²) in [6.45, 7) is 4.21. The van der Waals surface area contributed by atoms with Gasteiger partial charge in [0.15, 0.2) is 11.6 Å². The Labute approximate surface area is 117 Å². The Morgan fingerprint density at radius 3 is 2.95 bits per heavy atom. The fraction of sp³-hybridized carbons (Fsp3) is 0.467. The molecule has 0 bridgehead atoms. The van der Waals surface area contributed by atoms with Gasteiger partial charge in [0, 0.05) is 24.5 Å². The number of hydrogen-bond donors (Lipinski definition) is 0. The molecule has 0 aliphatic carbocycles. The minimum Gasteiger partial charge on any atom is -0.494 e. The van der Waals surface area contributed by atoms with Crippen LogP contribution >= 0.6 is 0 Å². The summed E-state index contributed by atoms with van der Waals surface area (Å²) in [5.41, 5.74) is 0.619. The molecule has 1 unspecified atom stereocenters. The molecule has 1 aromatic carbocycles. The van der Waals surface area contributed by atoms with Gasteiger partial charge in [-0.25, -0.2) is 14.4 Å². The Hall–Kier alpha value is -1.91. The average Bonchev–Trinajstić information content (AvgIpc) is 2.94. The van der Waals surface area contributed by atoms with Gasteiger partial charge in [-0.1, -0.05) is 13.3 Å². The summed E-state index contributed by atoms with van der Waals surface area (Å²) in [5.74, 6) is 1.43. The van der Waals surface area contributed by atoms with Gasteiger partial charge in [0.05, 0.1) is 12.6 Å². The van der Waals surface area contributed by atoms with Crippen molar-refractivity contribution in [3.05, 3.63) is 24.3 Å². The summed E-state index contributed by atoms with van der Waals surface area (Å²) >= 11 is 0. The Kier molecular flexibility index (Phi) is 3.42. The number of methoxy groups -OCH3 is 1. The first-order valence-corrected chi connectivity index (χ1v) is 6.96. The summed E-state index contributed by atoms with van der Waals surface area (Å²) in [6.07, 6.45) is 3.86. The van der Waals surface area contributed by atoms with Crippen LogP contribution in [0.15, 0.2) is 18.5 Å². The van der Waals surface area contributed by atoms with Crippen molar-refractivity contribution >= 4 is 16.7 Å². The minimum absolute atomic E-state index is 0.236. The molecule has 106 valence electrons. The number of benzene rings is 1. The van der Waals surface area contributed by atoms with E-state index < -0.39 is 5.82 Å². The molecule has 0 saturated carbocycles. The van der Waals surface area contributed by atoms with Gasteiger partial charge in [-0.3, -0.25) is 0 Å².